The lowest BCUT2D eigenvalue weighted by molar-refractivity contribution is 0.0955. The maximum absolute atomic E-state index is 11.4. The lowest BCUT2D eigenvalue weighted by Crippen LogP contribution is -2.28. The van der Waals surface area contributed by atoms with Gasteiger partial charge in [-0.05, 0) is 24.3 Å². The molecule has 0 heterocycles. The maximum Gasteiger partial charge on any atom is 0.251 e. The van der Waals surface area contributed by atoms with Gasteiger partial charge in [-0.25, -0.2) is 0 Å². The highest BCUT2D eigenvalue weighted by molar-refractivity contribution is 5.94. The minimum Gasteiger partial charge on any atom is -0.351 e. The molecule has 0 saturated carbocycles. The topological polar surface area (TPSA) is 78.9 Å². The highest BCUT2D eigenvalue weighted by atomic mass is 16.1. The van der Waals surface area contributed by atoms with Gasteiger partial charge in [0, 0.05) is 18.7 Å². The van der Waals surface area contributed by atoms with E-state index in [9.17, 15) is 4.79 Å². The number of benzene rings is 1. The van der Waals surface area contributed by atoms with Crippen molar-refractivity contribution in [3.05, 3.63) is 35.4 Å². The Labute approximate surface area is 82.3 Å². The first-order chi connectivity index (χ1) is 6.77. The van der Waals surface area contributed by atoms with Crippen LogP contribution >= 0.6 is 0 Å². The van der Waals surface area contributed by atoms with Crippen molar-refractivity contribution in [3.8, 4) is 6.07 Å². The zero-order chi connectivity index (χ0) is 10.4. The van der Waals surface area contributed by atoms with Gasteiger partial charge < -0.3 is 11.1 Å². The second-order valence-electron chi connectivity index (χ2n) is 2.73. The zero-order valence-electron chi connectivity index (χ0n) is 7.66. The van der Waals surface area contributed by atoms with E-state index in [2.05, 4.69) is 5.32 Å². The van der Waals surface area contributed by atoms with E-state index in [0.717, 1.165) is 0 Å². The monoisotopic (exact) mass is 189 g/mol. The van der Waals surface area contributed by atoms with Gasteiger partial charge in [0.05, 0.1) is 11.6 Å². The summed E-state index contributed by atoms with van der Waals surface area (Å²) in [4.78, 5) is 11.4. The van der Waals surface area contributed by atoms with Crippen LogP contribution in [0.25, 0.3) is 0 Å². The second kappa shape index (κ2) is 5.00. The van der Waals surface area contributed by atoms with E-state index in [1.165, 1.54) is 0 Å². The Morgan fingerprint density at radius 1 is 1.43 bits per heavy atom. The summed E-state index contributed by atoms with van der Waals surface area (Å²) in [6.07, 6.45) is 0. The molecule has 0 aromatic heterocycles. The second-order valence-corrected chi connectivity index (χ2v) is 2.73. The highest BCUT2D eigenvalue weighted by Gasteiger charge is 2.03. The first-order valence-electron chi connectivity index (χ1n) is 4.26. The van der Waals surface area contributed by atoms with Crippen molar-refractivity contribution in [1.82, 2.24) is 5.32 Å². The van der Waals surface area contributed by atoms with Crippen molar-refractivity contribution >= 4 is 5.91 Å². The number of rotatable bonds is 3. The molecular weight excluding hydrogens is 178 g/mol. The summed E-state index contributed by atoms with van der Waals surface area (Å²) in [6.45, 7) is 0.876. The minimum absolute atomic E-state index is 0.167. The van der Waals surface area contributed by atoms with E-state index in [1.807, 2.05) is 6.07 Å². The van der Waals surface area contributed by atoms with Gasteiger partial charge in [-0.1, -0.05) is 0 Å². The average molecular weight is 189 g/mol. The summed E-state index contributed by atoms with van der Waals surface area (Å²) in [5.74, 6) is -0.167. The Bertz CT molecular complexity index is 351. The van der Waals surface area contributed by atoms with E-state index in [4.69, 9.17) is 11.0 Å². The molecule has 72 valence electrons. The molecule has 0 fully saturated rings. The minimum atomic E-state index is -0.167. The van der Waals surface area contributed by atoms with Crippen LogP contribution in [0.3, 0.4) is 0 Å². The molecule has 3 N–H and O–H groups in total. The molecule has 1 aromatic rings. The van der Waals surface area contributed by atoms with E-state index >= 15 is 0 Å². The van der Waals surface area contributed by atoms with Crippen LogP contribution in [0.4, 0.5) is 0 Å². The van der Waals surface area contributed by atoms with Crippen molar-refractivity contribution in [2.24, 2.45) is 5.73 Å². The smallest absolute Gasteiger partial charge is 0.251 e. The summed E-state index contributed by atoms with van der Waals surface area (Å²) < 4.78 is 0. The summed E-state index contributed by atoms with van der Waals surface area (Å²) in [5.41, 5.74) is 6.32. The molecule has 0 radical (unpaired) electrons. The van der Waals surface area contributed by atoms with Gasteiger partial charge in [-0.15, -0.1) is 0 Å². The summed E-state index contributed by atoms with van der Waals surface area (Å²) in [5, 5.41) is 11.2. The van der Waals surface area contributed by atoms with E-state index < -0.39 is 0 Å². The van der Waals surface area contributed by atoms with E-state index in [0.29, 0.717) is 24.2 Å². The number of carbonyl (C=O) groups is 1. The van der Waals surface area contributed by atoms with Crippen LogP contribution in [0.1, 0.15) is 15.9 Å². The summed E-state index contributed by atoms with van der Waals surface area (Å²) >= 11 is 0. The van der Waals surface area contributed by atoms with Crippen molar-refractivity contribution in [1.29, 1.82) is 5.26 Å². The lowest BCUT2D eigenvalue weighted by atomic mass is 10.1. The molecule has 4 heteroatoms. The number of carbonyl (C=O) groups excluding carboxylic acids is 1. The third kappa shape index (κ3) is 2.57. The third-order valence-corrected chi connectivity index (χ3v) is 1.71. The van der Waals surface area contributed by atoms with E-state index in [-0.39, 0.29) is 5.91 Å². The summed E-state index contributed by atoms with van der Waals surface area (Å²) in [7, 11) is 0. The lowest BCUT2D eigenvalue weighted by Gasteiger charge is -2.02. The molecule has 1 amide bonds. The predicted octanol–water partition coefficient (Wildman–Crippen LogP) is 0.247. The standard InChI is InChI=1S/C10H11N3O/c11-5-6-13-10(14)9-3-1-8(7-12)2-4-9/h1-4H,5-6,11H2,(H,13,14). The van der Waals surface area contributed by atoms with E-state index in [1.54, 1.807) is 24.3 Å². The van der Waals surface area contributed by atoms with Gasteiger partial charge >= 0.3 is 0 Å². The Morgan fingerprint density at radius 2 is 2.07 bits per heavy atom. The molecular formula is C10H11N3O. The van der Waals surface area contributed by atoms with Crippen LogP contribution in [0, 0.1) is 11.3 Å². The van der Waals surface area contributed by atoms with Crippen molar-refractivity contribution in [2.75, 3.05) is 13.1 Å². The molecule has 0 bridgehead atoms. The highest BCUT2D eigenvalue weighted by Crippen LogP contribution is 2.02. The van der Waals surface area contributed by atoms with Gasteiger partial charge in [0.25, 0.3) is 5.91 Å². The Balaban J connectivity index is 2.68. The van der Waals surface area contributed by atoms with Crippen LogP contribution in [0.5, 0.6) is 0 Å². The normalized spacial score (nSPS) is 9.14. The number of nitriles is 1. The molecule has 1 aromatic carbocycles. The third-order valence-electron chi connectivity index (χ3n) is 1.71. The van der Waals surface area contributed by atoms with Crippen LogP contribution in [-0.4, -0.2) is 19.0 Å². The fraction of sp³-hybridized carbons (Fsp3) is 0.200. The van der Waals surface area contributed by atoms with Crippen molar-refractivity contribution in [3.63, 3.8) is 0 Å². The van der Waals surface area contributed by atoms with Gasteiger partial charge in [-0.3, -0.25) is 4.79 Å². The number of hydrogen-bond acceptors (Lipinski definition) is 3. The number of hydrogen-bond donors (Lipinski definition) is 2. The Hall–Kier alpha value is -1.86. The molecule has 1 rings (SSSR count). The molecule has 4 nitrogen and oxygen atoms in total. The van der Waals surface area contributed by atoms with Crippen LogP contribution in [0.15, 0.2) is 24.3 Å². The van der Waals surface area contributed by atoms with Gasteiger partial charge in [-0.2, -0.15) is 5.26 Å². The first-order valence-corrected chi connectivity index (χ1v) is 4.26. The molecule has 0 saturated heterocycles. The molecule has 0 spiro atoms. The quantitative estimate of drug-likeness (QED) is 0.715. The fourth-order valence-electron chi connectivity index (χ4n) is 0.984. The molecule has 14 heavy (non-hydrogen) atoms. The number of nitrogens with zero attached hydrogens (tertiary/aromatic N) is 1. The van der Waals surface area contributed by atoms with Crippen LogP contribution in [-0.2, 0) is 0 Å². The van der Waals surface area contributed by atoms with Gasteiger partial charge in [0.1, 0.15) is 0 Å². The van der Waals surface area contributed by atoms with Crippen LogP contribution in [0.2, 0.25) is 0 Å². The maximum atomic E-state index is 11.4. The molecule has 0 unspecified atom stereocenters. The van der Waals surface area contributed by atoms with Gasteiger partial charge in [0.2, 0.25) is 0 Å². The fourth-order valence-corrected chi connectivity index (χ4v) is 0.984. The molecule has 0 aliphatic rings. The number of amides is 1. The van der Waals surface area contributed by atoms with Gasteiger partial charge in [0.15, 0.2) is 0 Å². The molecule has 0 aliphatic heterocycles. The van der Waals surface area contributed by atoms with Crippen molar-refractivity contribution < 1.29 is 4.79 Å². The SMILES string of the molecule is N#Cc1ccc(C(=O)NCCN)cc1. The number of nitrogens with two attached hydrogens (primary N) is 1. The Morgan fingerprint density at radius 3 is 2.57 bits per heavy atom. The first kappa shape index (κ1) is 10.2. The predicted molar refractivity (Wildman–Crippen MR) is 52.5 cm³/mol. The number of nitrogens with one attached hydrogen (secondary N) is 1. The van der Waals surface area contributed by atoms with Crippen LogP contribution < -0.4 is 11.1 Å². The zero-order valence-corrected chi connectivity index (χ0v) is 7.66. The Kier molecular flexibility index (Phi) is 3.65. The molecule has 0 atom stereocenters. The van der Waals surface area contributed by atoms with Crippen molar-refractivity contribution in [2.45, 2.75) is 0 Å². The molecule has 0 aliphatic carbocycles. The average Bonchev–Trinajstić information content (AvgIpc) is 2.26. The summed E-state index contributed by atoms with van der Waals surface area (Å²) in [6, 6.07) is 8.43. The largest absolute Gasteiger partial charge is 0.351 e.